The van der Waals surface area contributed by atoms with E-state index in [4.69, 9.17) is 19.4 Å². The van der Waals surface area contributed by atoms with Crippen molar-refractivity contribution in [2.24, 2.45) is 0 Å². The number of hydrogen-bond acceptors (Lipinski definition) is 5. The summed E-state index contributed by atoms with van der Waals surface area (Å²) >= 11 is 1.85. The van der Waals surface area contributed by atoms with Crippen LogP contribution >= 0.6 is 11.3 Å². The second-order valence-corrected chi connectivity index (χ2v) is 18.1. The Balaban J connectivity index is 0.00000141. The van der Waals surface area contributed by atoms with Crippen LogP contribution in [-0.2, 0) is 0 Å². The molecule has 312 valence electrons. The van der Waals surface area contributed by atoms with Crippen LogP contribution in [0.4, 0.5) is 0 Å². The highest BCUT2D eigenvalue weighted by atomic mass is 32.1. The summed E-state index contributed by atoms with van der Waals surface area (Å²) in [5, 5.41) is 14.2. The van der Waals surface area contributed by atoms with E-state index in [1.165, 1.54) is 48.1 Å². The lowest BCUT2D eigenvalue weighted by Gasteiger charge is -2.13. The third-order valence-electron chi connectivity index (χ3n) is 12.8. The van der Waals surface area contributed by atoms with Gasteiger partial charge in [0, 0.05) is 58.4 Å². The summed E-state index contributed by atoms with van der Waals surface area (Å²) in [5.74, 6) is 1.71. The topological polar surface area (TPSA) is 56.7 Å². The molecule has 0 saturated heterocycles. The quantitative estimate of drug-likeness (QED) is 0.177. The Morgan fingerprint density at radius 1 is 0.424 bits per heavy atom. The van der Waals surface area contributed by atoms with Gasteiger partial charge in [0.15, 0.2) is 11.6 Å². The zero-order chi connectivity index (χ0) is 43.9. The smallest absolute Gasteiger partial charge is 0.238 e. The summed E-state index contributed by atoms with van der Waals surface area (Å²) in [7, 11) is 0. The maximum Gasteiger partial charge on any atom is 0.238 e. The highest BCUT2D eigenvalue weighted by Gasteiger charge is 2.23. The average molecular weight is 865 g/mol. The van der Waals surface area contributed by atoms with E-state index < -0.39 is 0 Å². The van der Waals surface area contributed by atoms with E-state index in [-0.39, 0.29) is 0 Å². The summed E-state index contributed by atoms with van der Waals surface area (Å²) in [6.45, 7) is 4.25. The first-order valence-electron chi connectivity index (χ1n) is 22.6. The number of aromatic nitrogens is 4. The van der Waals surface area contributed by atoms with Gasteiger partial charge in [0.25, 0.3) is 0 Å². The lowest BCUT2D eigenvalue weighted by Crippen LogP contribution is -2.07. The molecule has 0 spiro atoms. The van der Waals surface area contributed by atoms with Gasteiger partial charge in [-0.1, -0.05) is 172 Å². The van der Waals surface area contributed by atoms with Gasteiger partial charge >= 0.3 is 0 Å². The molecule has 0 N–H and O–H groups in total. The molecule has 6 heteroatoms. The number of nitrogens with zero attached hydrogens (tertiary/aromatic N) is 4. The molecule has 0 bridgehead atoms. The number of fused-ring (bicyclic) bond motifs is 14. The van der Waals surface area contributed by atoms with E-state index in [1.807, 2.05) is 29.5 Å². The molecule has 10 aromatic carbocycles. The fraction of sp³-hybridized carbons (Fsp3) is 0.0500. The van der Waals surface area contributed by atoms with Crippen molar-refractivity contribution in [2.75, 3.05) is 0 Å². The Bertz CT molecular complexity index is 4250. The molecule has 0 aliphatic rings. The fourth-order valence-electron chi connectivity index (χ4n) is 9.91. The molecule has 0 saturated carbocycles. The van der Waals surface area contributed by atoms with Crippen molar-refractivity contribution in [3.05, 3.63) is 194 Å². The molecule has 0 radical (unpaired) electrons. The maximum absolute atomic E-state index is 6.40. The van der Waals surface area contributed by atoms with E-state index in [1.54, 1.807) is 0 Å². The van der Waals surface area contributed by atoms with Crippen LogP contribution in [0.2, 0.25) is 0 Å². The molecule has 0 aliphatic heterocycles. The molecule has 4 heterocycles. The van der Waals surface area contributed by atoms with E-state index in [0.717, 1.165) is 76.8 Å². The van der Waals surface area contributed by atoms with Gasteiger partial charge in [0.1, 0.15) is 11.2 Å². The molecular weight excluding hydrogens is 825 g/mol. The van der Waals surface area contributed by atoms with Crippen molar-refractivity contribution in [3.8, 4) is 39.9 Å². The van der Waals surface area contributed by atoms with Crippen molar-refractivity contribution in [2.45, 2.75) is 20.3 Å². The van der Waals surface area contributed by atoms with Crippen LogP contribution in [0, 0.1) is 0 Å². The van der Waals surface area contributed by atoms with Crippen molar-refractivity contribution in [1.29, 1.82) is 0 Å². The Morgan fingerprint density at radius 3 is 1.82 bits per heavy atom. The third-order valence-corrected chi connectivity index (χ3v) is 13.9. The number of para-hydroxylation sites is 2. The minimum absolute atomic E-state index is 0.546. The van der Waals surface area contributed by atoms with E-state index >= 15 is 0 Å². The second kappa shape index (κ2) is 15.2. The lowest BCUT2D eigenvalue weighted by atomic mass is 9.98. The van der Waals surface area contributed by atoms with Crippen LogP contribution in [0.5, 0.6) is 0 Å². The van der Waals surface area contributed by atoms with E-state index in [0.29, 0.717) is 17.6 Å². The monoisotopic (exact) mass is 864 g/mol. The molecule has 0 unspecified atom stereocenters. The van der Waals surface area contributed by atoms with Crippen molar-refractivity contribution < 1.29 is 4.42 Å². The van der Waals surface area contributed by atoms with Crippen molar-refractivity contribution in [3.63, 3.8) is 0 Å². The first-order chi connectivity index (χ1) is 32.6. The zero-order valence-electron chi connectivity index (χ0n) is 36.3. The lowest BCUT2D eigenvalue weighted by molar-refractivity contribution is 0.669. The Morgan fingerprint density at radius 2 is 1.02 bits per heavy atom. The molecule has 0 atom stereocenters. The number of furan rings is 1. The average Bonchev–Trinajstić information content (AvgIpc) is 4.06. The molecule has 0 fully saturated rings. The first-order valence-corrected chi connectivity index (χ1v) is 23.4. The van der Waals surface area contributed by atoms with Gasteiger partial charge in [0.05, 0.1) is 11.0 Å². The SMILES string of the molecule is CCC.c1ccc2cc(-c3nc(-c4ccc5c(c4)oc4ccccc45)nc(-n4c5ccc6ccccc6c5c5cccc(-c6ccc7c(c6)sc6ccc8ccccc8c67)c54)n3)ccc2c1. The Kier molecular flexibility index (Phi) is 8.83. The van der Waals surface area contributed by atoms with Crippen LogP contribution in [0.15, 0.2) is 199 Å². The predicted octanol–water partition coefficient (Wildman–Crippen LogP) is 17.1. The highest BCUT2D eigenvalue weighted by molar-refractivity contribution is 7.26. The predicted molar refractivity (Wildman–Crippen MR) is 279 cm³/mol. The number of hydrogen-bond donors (Lipinski definition) is 0. The van der Waals surface area contributed by atoms with Crippen molar-refractivity contribution >= 4 is 108 Å². The zero-order valence-corrected chi connectivity index (χ0v) is 37.1. The molecule has 0 amide bonds. The van der Waals surface area contributed by atoms with E-state index in [9.17, 15) is 0 Å². The Labute approximate surface area is 383 Å². The molecule has 14 aromatic rings. The minimum Gasteiger partial charge on any atom is -0.456 e. The first kappa shape index (κ1) is 38.3. The van der Waals surface area contributed by atoms with Gasteiger partial charge in [-0.15, -0.1) is 11.3 Å². The molecule has 4 aromatic heterocycles. The summed E-state index contributed by atoms with van der Waals surface area (Å²) in [5.41, 5.74) is 7.72. The van der Waals surface area contributed by atoms with Gasteiger partial charge in [-0.2, -0.15) is 9.97 Å². The molecular formula is C60H40N4OS. The minimum atomic E-state index is 0.546. The van der Waals surface area contributed by atoms with Gasteiger partial charge < -0.3 is 4.42 Å². The molecule has 66 heavy (non-hydrogen) atoms. The van der Waals surface area contributed by atoms with Gasteiger partial charge in [0.2, 0.25) is 5.95 Å². The molecule has 14 rings (SSSR count). The second-order valence-electron chi connectivity index (χ2n) is 17.1. The van der Waals surface area contributed by atoms with Crippen LogP contribution in [-0.4, -0.2) is 19.5 Å². The third kappa shape index (κ3) is 6.03. The molecule has 0 aliphatic carbocycles. The van der Waals surface area contributed by atoms with Crippen LogP contribution in [0.25, 0.3) is 136 Å². The van der Waals surface area contributed by atoms with Gasteiger partial charge in [-0.25, -0.2) is 4.98 Å². The van der Waals surface area contributed by atoms with Gasteiger partial charge in [-0.3, -0.25) is 4.57 Å². The van der Waals surface area contributed by atoms with Gasteiger partial charge in [-0.05, 0) is 80.3 Å². The fourth-order valence-corrected chi connectivity index (χ4v) is 11.1. The number of benzene rings is 10. The largest absolute Gasteiger partial charge is 0.456 e. The number of rotatable bonds is 4. The van der Waals surface area contributed by atoms with Crippen LogP contribution in [0.3, 0.4) is 0 Å². The van der Waals surface area contributed by atoms with Crippen LogP contribution in [0.1, 0.15) is 20.3 Å². The van der Waals surface area contributed by atoms with E-state index in [2.05, 4.69) is 194 Å². The summed E-state index contributed by atoms with van der Waals surface area (Å²) in [6, 6.07) is 69.2. The van der Waals surface area contributed by atoms with Crippen molar-refractivity contribution in [1.82, 2.24) is 19.5 Å². The standard InChI is InChI=1S/C57H32N4OS.C3H8/c1-2-13-36-30-38(21-20-33(36)10-1)55-58-56(39-23-26-44-43-16-7-8-19-48(43)62-49(44)31-39)60-57(59-55)61-47-28-24-34-11-3-5-14-40(34)52(47)46-18-9-17-42(54(46)61)37-22-27-45-51(32-37)63-50-29-25-35-12-4-6-15-41(35)53(45)50;1-3-2/h1-32H;3H2,1-2H3. The number of thiophene rings is 1. The maximum atomic E-state index is 6.40. The Hall–Kier alpha value is -8.19. The normalized spacial score (nSPS) is 11.8. The summed E-state index contributed by atoms with van der Waals surface area (Å²) in [6.07, 6.45) is 1.25. The van der Waals surface area contributed by atoms with Crippen LogP contribution < -0.4 is 0 Å². The summed E-state index contributed by atoms with van der Waals surface area (Å²) < 4.78 is 11.2. The molecule has 5 nitrogen and oxygen atoms in total. The highest BCUT2D eigenvalue weighted by Crippen LogP contribution is 2.44. The summed E-state index contributed by atoms with van der Waals surface area (Å²) in [4.78, 5) is 16.1.